The van der Waals surface area contributed by atoms with Gasteiger partial charge in [-0.25, -0.2) is 18.7 Å². The van der Waals surface area contributed by atoms with Crippen molar-refractivity contribution in [3.8, 4) is 11.8 Å². The van der Waals surface area contributed by atoms with E-state index in [0.29, 0.717) is 5.69 Å². The molecule has 10 heteroatoms. The van der Waals surface area contributed by atoms with E-state index in [1.807, 2.05) is 19.1 Å². The predicted molar refractivity (Wildman–Crippen MR) is 112 cm³/mol. The van der Waals surface area contributed by atoms with Crippen LogP contribution < -0.4 is 10.4 Å². The fourth-order valence-corrected chi connectivity index (χ4v) is 4.06. The van der Waals surface area contributed by atoms with Gasteiger partial charge in [0.15, 0.2) is 9.84 Å². The first-order valence-electron chi connectivity index (χ1n) is 9.33. The highest BCUT2D eigenvalue weighted by Gasteiger charge is 2.39. The minimum atomic E-state index is -3.80. The van der Waals surface area contributed by atoms with E-state index >= 15 is 0 Å². The number of rotatable bonds is 5. The van der Waals surface area contributed by atoms with Crippen LogP contribution in [-0.4, -0.2) is 54.8 Å². The molecule has 2 heterocycles. The first kappa shape index (κ1) is 22.3. The third-order valence-electron chi connectivity index (χ3n) is 4.71. The Labute approximate surface area is 179 Å². The topological polar surface area (TPSA) is 126 Å². The zero-order valence-corrected chi connectivity index (χ0v) is 17.7. The Morgan fingerprint density at radius 2 is 1.90 bits per heavy atom. The molecule has 3 rings (SSSR count). The molecule has 0 radical (unpaired) electrons. The summed E-state index contributed by atoms with van der Waals surface area (Å²) in [5.41, 5.74) is 4.33. The first-order valence-corrected chi connectivity index (χ1v) is 11.3. The van der Waals surface area contributed by atoms with Crippen molar-refractivity contribution < 1.29 is 28.0 Å². The molecule has 1 fully saturated rings. The van der Waals surface area contributed by atoms with Crippen molar-refractivity contribution in [1.82, 2.24) is 10.5 Å². The van der Waals surface area contributed by atoms with Gasteiger partial charge in [0.05, 0.1) is 6.54 Å². The van der Waals surface area contributed by atoms with Crippen LogP contribution in [0, 0.1) is 18.8 Å². The SMILES string of the molecule is Cc1ccc(C#Cc2ccc(N3CC(CC(C(=O)NO)S(C)(=O)=O)OC3=O)cc2)cn1. The monoisotopic (exact) mass is 443 g/mol. The number of carbonyl (C=O) groups is 2. The lowest BCUT2D eigenvalue weighted by Gasteiger charge is -2.16. The van der Waals surface area contributed by atoms with E-state index in [1.165, 1.54) is 10.4 Å². The summed E-state index contributed by atoms with van der Waals surface area (Å²) in [5, 5.41) is 7.26. The fourth-order valence-electron chi connectivity index (χ4n) is 3.05. The number of hydrogen-bond acceptors (Lipinski definition) is 7. The van der Waals surface area contributed by atoms with E-state index in [0.717, 1.165) is 23.1 Å². The van der Waals surface area contributed by atoms with Gasteiger partial charge in [-0.2, -0.15) is 0 Å². The predicted octanol–water partition coefficient (Wildman–Crippen LogP) is 1.42. The second-order valence-electron chi connectivity index (χ2n) is 7.13. The molecule has 1 aliphatic heterocycles. The molecule has 31 heavy (non-hydrogen) atoms. The number of cyclic esters (lactones) is 1. The molecule has 2 aromatic rings. The van der Waals surface area contributed by atoms with Gasteiger partial charge in [-0.3, -0.25) is 19.9 Å². The van der Waals surface area contributed by atoms with Gasteiger partial charge in [-0.05, 0) is 43.3 Å². The van der Waals surface area contributed by atoms with Crippen LogP contribution in [0.2, 0.25) is 0 Å². The molecule has 2 unspecified atom stereocenters. The van der Waals surface area contributed by atoms with Gasteiger partial charge in [-0.15, -0.1) is 0 Å². The van der Waals surface area contributed by atoms with Crippen molar-refractivity contribution in [3.05, 3.63) is 59.4 Å². The molecule has 2 atom stereocenters. The van der Waals surface area contributed by atoms with Crippen LogP contribution in [0.4, 0.5) is 10.5 Å². The van der Waals surface area contributed by atoms with Crippen molar-refractivity contribution in [1.29, 1.82) is 0 Å². The molecule has 1 aliphatic rings. The van der Waals surface area contributed by atoms with Crippen molar-refractivity contribution >= 4 is 27.5 Å². The largest absolute Gasteiger partial charge is 0.444 e. The summed E-state index contributed by atoms with van der Waals surface area (Å²) >= 11 is 0. The Morgan fingerprint density at radius 3 is 2.48 bits per heavy atom. The molecule has 2 N–H and O–H groups in total. The van der Waals surface area contributed by atoms with Gasteiger partial charge in [0.1, 0.15) is 11.4 Å². The molecule has 1 saturated heterocycles. The van der Waals surface area contributed by atoms with Gasteiger partial charge in [0.25, 0.3) is 5.91 Å². The van der Waals surface area contributed by atoms with Crippen LogP contribution in [-0.2, 0) is 19.4 Å². The molecule has 1 aromatic carbocycles. The molecule has 1 aromatic heterocycles. The van der Waals surface area contributed by atoms with Crippen molar-refractivity contribution in [2.45, 2.75) is 24.7 Å². The maximum absolute atomic E-state index is 12.2. The van der Waals surface area contributed by atoms with E-state index in [2.05, 4.69) is 16.8 Å². The number of nitrogens with zero attached hydrogens (tertiary/aromatic N) is 2. The van der Waals surface area contributed by atoms with Crippen LogP contribution in [0.1, 0.15) is 23.2 Å². The number of aryl methyl sites for hydroxylation is 1. The van der Waals surface area contributed by atoms with E-state index in [1.54, 1.807) is 30.5 Å². The number of nitrogens with one attached hydrogen (secondary N) is 1. The number of hydroxylamine groups is 1. The first-order chi connectivity index (χ1) is 14.7. The second kappa shape index (κ2) is 9.16. The summed E-state index contributed by atoms with van der Waals surface area (Å²) in [4.78, 5) is 29.5. The molecular formula is C21H21N3O6S. The summed E-state index contributed by atoms with van der Waals surface area (Å²) in [7, 11) is -3.80. The Kier molecular flexibility index (Phi) is 6.58. The number of amides is 2. The molecule has 0 bridgehead atoms. The number of hydrogen-bond donors (Lipinski definition) is 2. The van der Waals surface area contributed by atoms with Gasteiger partial charge < -0.3 is 4.74 Å². The highest BCUT2D eigenvalue weighted by Crippen LogP contribution is 2.25. The summed E-state index contributed by atoms with van der Waals surface area (Å²) in [5.74, 6) is 4.97. The number of pyridine rings is 1. The third-order valence-corrected chi connectivity index (χ3v) is 6.15. The molecule has 9 nitrogen and oxygen atoms in total. The van der Waals surface area contributed by atoms with E-state index in [-0.39, 0.29) is 13.0 Å². The Balaban J connectivity index is 1.69. The summed E-state index contributed by atoms with van der Waals surface area (Å²) in [6, 6.07) is 10.7. The molecule has 0 aliphatic carbocycles. The Bertz CT molecular complexity index is 1130. The number of ether oxygens (including phenoxy) is 1. The van der Waals surface area contributed by atoms with Crippen LogP contribution in [0.3, 0.4) is 0 Å². The Hall–Kier alpha value is -3.42. The maximum Gasteiger partial charge on any atom is 0.414 e. The van der Waals surface area contributed by atoms with Crippen LogP contribution in [0.25, 0.3) is 0 Å². The number of anilines is 1. The van der Waals surface area contributed by atoms with E-state index in [9.17, 15) is 18.0 Å². The van der Waals surface area contributed by atoms with E-state index < -0.39 is 33.2 Å². The van der Waals surface area contributed by atoms with Gasteiger partial charge in [0, 0.05) is 41.4 Å². The molecular weight excluding hydrogens is 422 g/mol. The lowest BCUT2D eigenvalue weighted by Crippen LogP contribution is -2.40. The highest BCUT2D eigenvalue weighted by molar-refractivity contribution is 7.92. The normalized spacial score (nSPS) is 16.8. The van der Waals surface area contributed by atoms with Crippen LogP contribution in [0.15, 0.2) is 42.6 Å². The lowest BCUT2D eigenvalue weighted by atomic mass is 10.1. The second-order valence-corrected chi connectivity index (χ2v) is 9.36. The zero-order valence-electron chi connectivity index (χ0n) is 16.9. The molecule has 162 valence electrons. The Morgan fingerprint density at radius 1 is 1.26 bits per heavy atom. The number of carbonyl (C=O) groups excluding carboxylic acids is 2. The van der Waals surface area contributed by atoms with Crippen molar-refractivity contribution in [2.24, 2.45) is 0 Å². The van der Waals surface area contributed by atoms with Gasteiger partial charge in [0.2, 0.25) is 0 Å². The van der Waals surface area contributed by atoms with Crippen LogP contribution in [0.5, 0.6) is 0 Å². The quantitative estimate of drug-likeness (QED) is 0.407. The number of benzene rings is 1. The minimum absolute atomic E-state index is 0.0730. The third kappa shape index (κ3) is 5.59. The van der Waals surface area contributed by atoms with Crippen molar-refractivity contribution in [2.75, 3.05) is 17.7 Å². The average molecular weight is 443 g/mol. The summed E-state index contributed by atoms with van der Waals surface area (Å²) in [6.45, 7) is 1.97. The zero-order chi connectivity index (χ0) is 22.6. The average Bonchev–Trinajstić information content (AvgIpc) is 3.11. The number of sulfone groups is 1. The van der Waals surface area contributed by atoms with Crippen LogP contribution >= 0.6 is 0 Å². The summed E-state index contributed by atoms with van der Waals surface area (Å²) in [6.07, 6.45) is 0.845. The molecule has 0 spiro atoms. The van der Waals surface area contributed by atoms with E-state index in [4.69, 9.17) is 9.94 Å². The number of aromatic nitrogens is 1. The highest BCUT2D eigenvalue weighted by atomic mass is 32.2. The minimum Gasteiger partial charge on any atom is -0.444 e. The fraction of sp³-hybridized carbons (Fsp3) is 0.286. The lowest BCUT2D eigenvalue weighted by molar-refractivity contribution is -0.129. The smallest absolute Gasteiger partial charge is 0.414 e. The van der Waals surface area contributed by atoms with Gasteiger partial charge in [-0.1, -0.05) is 11.8 Å². The van der Waals surface area contributed by atoms with Gasteiger partial charge >= 0.3 is 6.09 Å². The maximum atomic E-state index is 12.2. The molecule has 2 amide bonds. The molecule has 0 saturated carbocycles. The van der Waals surface area contributed by atoms with Crippen molar-refractivity contribution in [3.63, 3.8) is 0 Å². The summed E-state index contributed by atoms with van der Waals surface area (Å²) < 4.78 is 28.9. The standard InChI is InChI=1S/C21H21N3O6S/c1-14-3-4-16(12-22-14)6-5-15-7-9-17(10-8-15)24-13-18(30-21(24)26)11-19(20(25)23-27)31(2,28)29/h3-4,7-10,12,18-19,27H,11,13H2,1-2H3,(H,23,25).